The van der Waals surface area contributed by atoms with Crippen molar-refractivity contribution in [2.75, 3.05) is 19.0 Å². The molecule has 0 aliphatic carbocycles. The Morgan fingerprint density at radius 2 is 1.67 bits per heavy atom. The molecular weight excluding hydrogens is 318 g/mol. The fraction of sp³-hybridized carbons (Fsp3) is 0.263. The number of hydrogen-bond donors (Lipinski definition) is 0. The van der Waals surface area contributed by atoms with Crippen molar-refractivity contribution in [2.45, 2.75) is 18.5 Å². The van der Waals surface area contributed by atoms with Gasteiger partial charge in [0.1, 0.15) is 5.82 Å². The molecule has 0 aliphatic heterocycles. The van der Waals surface area contributed by atoms with Gasteiger partial charge in [0.25, 0.3) is 0 Å². The highest BCUT2D eigenvalue weighted by molar-refractivity contribution is 7.99. The second kappa shape index (κ2) is 8.66. The van der Waals surface area contributed by atoms with Crippen LogP contribution in [0.4, 0.5) is 0 Å². The van der Waals surface area contributed by atoms with Gasteiger partial charge in [0.05, 0.1) is 6.61 Å². The molecule has 2 aromatic carbocycles. The van der Waals surface area contributed by atoms with Crippen molar-refractivity contribution in [3.8, 4) is 5.69 Å². The summed E-state index contributed by atoms with van der Waals surface area (Å²) >= 11 is 1.68. The molecule has 124 valence electrons. The van der Waals surface area contributed by atoms with Crippen LogP contribution in [0, 0.1) is 0 Å². The minimum atomic E-state index is 0.719. The maximum atomic E-state index is 5.42. The number of rotatable bonds is 8. The van der Waals surface area contributed by atoms with Gasteiger partial charge in [-0.1, -0.05) is 60.3 Å². The van der Waals surface area contributed by atoms with Crippen LogP contribution in [0.3, 0.4) is 0 Å². The first-order valence-corrected chi connectivity index (χ1v) is 9.11. The van der Waals surface area contributed by atoms with Crippen molar-refractivity contribution in [2.24, 2.45) is 0 Å². The smallest absolute Gasteiger partial charge is 0.195 e. The number of benzene rings is 2. The van der Waals surface area contributed by atoms with Crippen molar-refractivity contribution >= 4 is 11.8 Å². The maximum absolute atomic E-state index is 5.42. The van der Waals surface area contributed by atoms with Crippen LogP contribution in [0.1, 0.15) is 18.3 Å². The topological polar surface area (TPSA) is 39.9 Å². The molecule has 0 spiro atoms. The maximum Gasteiger partial charge on any atom is 0.195 e. The molecule has 5 heteroatoms. The van der Waals surface area contributed by atoms with Crippen LogP contribution >= 0.6 is 11.8 Å². The summed E-state index contributed by atoms with van der Waals surface area (Å²) in [6, 6.07) is 20.6. The van der Waals surface area contributed by atoms with Gasteiger partial charge in [-0.15, -0.1) is 10.2 Å². The van der Waals surface area contributed by atoms with E-state index in [9.17, 15) is 0 Å². The molecule has 0 radical (unpaired) electrons. The molecular formula is C19H21N3OS. The average molecular weight is 339 g/mol. The predicted octanol–water partition coefficient (Wildman–Crippen LogP) is 3.99. The second-order valence-electron chi connectivity index (χ2n) is 5.28. The van der Waals surface area contributed by atoms with Crippen molar-refractivity contribution in [1.82, 2.24) is 14.8 Å². The summed E-state index contributed by atoms with van der Waals surface area (Å²) < 4.78 is 7.57. The standard InChI is InChI=1S/C19H21N3OS/c1-2-23-13-14-24-19-21-20-18(15-16-9-5-3-6-10-16)22(19)17-11-7-4-8-12-17/h3-12H,2,13-15H2,1H3. The predicted molar refractivity (Wildman–Crippen MR) is 97.8 cm³/mol. The first-order chi connectivity index (χ1) is 11.9. The summed E-state index contributed by atoms with van der Waals surface area (Å²) in [5.74, 6) is 1.82. The van der Waals surface area contributed by atoms with E-state index in [1.165, 1.54) is 5.56 Å². The van der Waals surface area contributed by atoms with Crippen LogP contribution < -0.4 is 0 Å². The van der Waals surface area contributed by atoms with Crippen molar-refractivity contribution in [3.63, 3.8) is 0 Å². The van der Waals surface area contributed by atoms with Gasteiger partial charge in [-0.2, -0.15) is 0 Å². The van der Waals surface area contributed by atoms with Gasteiger partial charge in [-0.05, 0) is 24.6 Å². The van der Waals surface area contributed by atoms with E-state index in [1.807, 2.05) is 31.2 Å². The summed E-state index contributed by atoms with van der Waals surface area (Å²) in [6.07, 6.45) is 0.759. The summed E-state index contributed by atoms with van der Waals surface area (Å²) in [5, 5.41) is 9.75. The Hall–Kier alpha value is -2.11. The zero-order valence-corrected chi connectivity index (χ0v) is 14.6. The molecule has 1 aromatic heterocycles. The first-order valence-electron chi connectivity index (χ1n) is 8.12. The number of ether oxygens (including phenoxy) is 1. The van der Waals surface area contributed by atoms with Gasteiger partial charge >= 0.3 is 0 Å². The number of aromatic nitrogens is 3. The summed E-state index contributed by atoms with van der Waals surface area (Å²) in [5.41, 5.74) is 2.32. The van der Waals surface area contributed by atoms with Crippen LogP contribution in [0.15, 0.2) is 65.8 Å². The molecule has 0 atom stereocenters. The van der Waals surface area contributed by atoms with E-state index in [2.05, 4.69) is 51.2 Å². The molecule has 0 unspecified atom stereocenters. The van der Waals surface area contributed by atoms with Crippen LogP contribution in [-0.4, -0.2) is 33.7 Å². The molecule has 4 nitrogen and oxygen atoms in total. The monoisotopic (exact) mass is 339 g/mol. The van der Waals surface area contributed by atoms with Gasteiger partial charge in [0, 0.05) is 24.5 Å². The molecule has 0 fully saturated rings. The van der Waals surface area contributed by atoms with E-state index < -0.39 is 0 Å². The Kier molecular flexibility index (Phi) is 6.04. The lowest BCUT2D eigenvalue weighted by molar-refractivity contribution is 0.164. The minimum Gasteiger partial charge on any atom is -0.381 e. The first kappa shape index (κ1) is 16.7. The van der Waals surface area contributed by atoms with Crippen molar-refractivity contribution in [1.29, 1.82) is 0 Å². The largest absolute Gasteiger partial charge is 0.381 e. The van der Waals surface area contributed by atoms with E-state index in [4.69, 9.17) is 4.74 Å². The Morgan fingerprint density at radius 3 is 2.38 bits per heavy atom. The summed E-state index contributed by atoms with van der Waals surface area (Å²) in [7, 11) is 0. The third-order valence-corrected chi connectivity index (χ3v) is 4.48. The Balaban J connectivity index is 1.86. The lowest BCUT2D eigenvalue weighted by Crippen LogP contribution is -2.04. The Labute approximate surface area is 146 Å². The molecule has 3 aromatic rings. The normalized spacial score (nSPS) is 10.9. The number of thioether (sulfide) groups is 1. The molecule has 0 saturated carbocycles. The van der Waals surface area contributed by atoms with Gasteiger partial charge in [0.2, 0.25) is 0 Å². The number of para-hydroxylation sites is 1. The third-order valence-electron chi connectivity index (χ3n) is 3.58. The Morgan fingerprint density at radius 1 is 0.958 bits per heavy atom. The van der Waals surface area contributed by atoms with Crippen LogP contribution in [0.5, 0.6) is 0 Å². The molecule has 0 bridgehead atoms. The quantitative estimate of drug-likeness (QED) is 0.460. The van der Waals surface area contributed by atoms with Gasteiger partial charge < -0.3 is 4.74 Å². The van der Waals surface area contributed by atoms with Crippen molar-refractivity contribution in [3.05, 3.63) is 72.1 Å². The number of hydrogen-bond acceptors (Lipinski definition) is 4. The fourth-order valence-corrected chi connectivity index (χ4v) is 3.28. The summed E-state index contributed by atoms with van der Waals surface area (Å²) in [6.45, 7) is 3.47. The van der Waals surface area contributed by atoms with Crippen molar-refractivity contribution < 1.29 is 4.74 Å². The molecule has 0 saturated heterocycles. The zero-order valence-electron chi connectivity index (χ0n) is 13.8. The molecule has 1 heterocycles. The lowest BCUT2D eigenvalue weighted by atomic mass is 10.1. The lowest BCUT2D eigenvalue weighted by Gasteiger charge is -2.10. The van der Waals surface area contributed by atoms with E-state index >= 15 is 0 Å². The molecule has 3 rings (SSSR count). The van der Waals surface area contributed by atoms with E-state index in [1.54, 1.807) is 11.8 Å². The van der Waals surface area contributed by atoms with E-state index in [0.717, 1.165) is 42.1 Å². The second-order valence-corrected chi connectivity index (χ2v) is 6.34. The van der Waals surface area contributed by atoms with Crippen LogP contribution in [0.25, 0.3) is 5.69 Å². The fourth-order valence-electron chi connectivity index (χ4n) is 2.46. The van der Waals surface area contributed by atoms with Crippen LogP contribution in [0.2, 0.25) is 0 Å². The van der Waals surface area contributed by atoms with Gasteiger partial charge in [0.15, 0.2) is 5.16 Å². The van der Waals surface area contributed by atoms with E-state index in [-0.39, 0.29) is 0 Å². The van der Waals surface area contributed by atoms with E-state index in [0.29, 0.717) is 0 Å². The minimum absolute atomic E-state index is 0.719. The summed E-state index contributed by atoms with van der Waals surface area (Å²) in [4.78, 5) is 0. The average Bonchev–Trinajstić information content (AvgIpc) is 3.03. The van der Waals surface area contributed by atoms with Crippen LogP contribution in [-0.2, 0) is 11.2 Å². The van der Waals surface area contributed by atoms with Gasteiger partial charge in [-0.3, -0.25) is 4.57 Å². The van der Waals surface area contributed by atoms with Gasteiger partial charge in [-0.25, -0.2) is 0 Å². The molecule has 0 amide bonds. The molecule has 0 N–H and O–H groups in total. The molecule has 24 heavy (non-hydrogen) atoms. The Bertz CT molecular complexity index is 744. The highest BCUT2D eigenvalue weighted by Crippen LogP contribution is 2.23. The number of nitrogens with zero attached hydrogens (tertiary/aromatic N) is 3. The highest BCUT2D eigenvalue weighted by atomic mass is 32.2. The SMILES string of the molecule is CCOCCSc1nnc(Cc2ccccc2)n1-c1ccccc1. The molecule has 0 aliphatic rings. The highest BCUT2D eigenvalue weighted by Gasteiger charge is 2.14. The third kappa shape index (κ3) is 4.24. The zero-order chi connectivity index (χ0) is 16.6.